The monoisotopic (exact) mass is 303 g/mol. The Kier molecular flexibility index (Phi) is 5.27. The second kappa shape index (κ2) is 7.17. The maximum absolute atomic E-state index is 12.3. The predicted octanol–water partition coefficient (Wildman–Crippen LogP) is 2.18. The number of hydrogen-bond acceptors (Lipinski definition) is 5. The summed E-state index contributed by atoms with van der Waals surface area (Å²) in [5.41, 5.74) is 1.08. The second-order valence-electron chi connectivity index (χ2n) is 5.55. The van der Waals surface area contributed by atoms with Crippen LogP contribution in [0.1, 0.15) is 36.5 Å². The standard InChI is InChI=1S/C16H21N3O3/c1-10(2)14(20)8-9-17-15(21)12-6-4-5-7-13(12)16-18-11(3)19-22-16/h4-7,10,14,20H,8-9H2,1-3H3,(H,17,21). The van der Waals surface area contributed by atoms with Crippen LogP contribution in [0.3, 0.4) is 0 Å². The lowest BCUT2D eigenvalue weighted by Gasteiger charge is -2.14. The fourth-order valence-corrected chi connectivity index (χ4v) is 2.04. The number of aliphatic hydroxyl groups is 1. The maximum atomic E-state index is 12.3. The molecule has 2 N–H and O–H groups in total. The molecule has 0 saturated carbocycles. The quantitative estimate of drug-likeness (QED) is 0.854. The highest BCUT2D eigenvalue weighted by atomic mass is 16.5. The largest absolute Gasteiger partial charge is 0.393 e. The topological polar surface area (TPSA) is 88.2 Å². The fraction of sp³-hybridized carbons (Fsp3) is 0.438. The van der Waals surface area contributed by atoms with Gasteiger partial charge in [-0.15, -0.1) is 0 Å². The molecule has 118 valence electrons. The molecule has 1 heterocycles. The van der Waals surface area contributed by atoms with Gasteiger partial charge >= 0.3 is 0 Å². The summed E-state index contributed by atoms with van der Waals surface area (Å²) >= 11 is 0. The van der Waals surface area contributed by atoms with Crippen LogP contribution in [0.2, 0.25) is 0 Å². The minimum Gasteiger partial charge on any atom is -0.393 e. The highest BCUT2D eigenvalue weighted by molar-refractivity contribution is 5.99. The van der Waals surface area contributed by atoms with E-state index < -0.39 is 6.10 Å². The number of hydrogen-bond donors (Lipinski definition) is 2. The van der Waals surface area contributed by atoms with Gasteiger partial charge in [0.1, 0.15) is 0 Å². The minimum absolute atomic E-state index is 0.172. The Morgan fingerprint density at radius 1 is 1.36 bits per heavy atom. The van der Waals surface area contributed by atoms with E-state index in [-0.39, 0.29) is 11.8 Å². The molecule has 6 heteroatoms. The molecule has 0 aliphatic carbocycles. The Balaban J connectivity index is 2.07. The Labute approximate surface area is 129 Å². The van der Waals surface area contributed by atoms with Crippen LogP contribution in [0.15, 0.2) is 28.8 Å². The van der Waals surface area contributed by atoms with Crippen molar-refractivity contribution in [3.63, 3.8) is 0 Å². The Bertz CT molecular complexity index is 637. The molecule has 1 atom stereocenters. The van der Waals surface area contributed by atoms with Gasteiger partial charge in [-0.05, 0) is 31.4 Å². The number of nitrogens with one attached hydrogen (secondary N) is 1. The number of rotatable bonds is 6. The molecule has 1 amide bonds. The van der Waals surface area contributed by atoms with Crippen LogP contribution >= 0.6 is 0 Å². The zero-order chi connectivity index (χ0) is 16.1. The number of aliphatic hydroxyl groups excluding tert-OH is 1. The van der Waals surface area contributed by atoms with Crippen LogP contribution in [0.25, 0.3) is 11.5 Å². The van der Waals surface area contributed by atoms with Gasteiger partial charge in [0.15, 0.2) is 5.82 Å². The van der Waals surface area contributed by atoms with Crippen molar-refractivity contribution in [1.29, 1.82) is 0 Å². The molecule has 0 aliphatic rings. The lowest BCUT2D eigenvalue weighted by atomic mass is 10.0. The van der Waals surface area contributed by atoms with Crippen molar-refractivity contribution in [2.45, 2.75) is 33.3 Å². The van der Waals surface area contributed by atoms with Crippen molar-refractivity contribution in [2.24, 2.45) is 5.92 Å². The van der Waals surface area contributed by atoms with Crippen LogP contribution in [0.4, 0.5) is 0 Å². The summed E-state index contributed by atoms with van der Waals surface area (Å²) in [4.78, 5) is 16.5. The van der Waals surface area contributed by atoms with Gasteiger partial charge in [-0.2, -0.15) is 4.98 Å². The summed E-state index contributed by atoms with van der Waals surface area (Å²) < 4.78 is 5.13. The molecule has 1 unspecified atom stereocenters. The lowest BCUT2D eigenvalue weighted by Crippen LogP contribution is -2.29. The maximum Gasteiger partial charge on any atom is 0.258 e. The molecule has 0 saturated heterocycles. The normalized spacial score (nSPS) is 12.4. The van der Waals surface area contributed by atoms with E-state index in [0.29, 0.717) is 35.8 Å². The van der Waals surface area contributed by atoms with Crippen molar-refractivity contribution in [3.05, 3.63) is 35.7 Å². The number of amides is 1. The van der Waals surface area contributed by atoms with Crippen LogP contribution in [-0.2, 0) is 0 Å². The second-order valence-corrected chi connectivity index (χ2v) is 5.55. The molecule has 0 aliphatic heterocycles. The van der Waals surface area contributed by atoms with Crippen LogP contribution in [0.5, 0.6) is 0 Å². The fourth-order valence-electron chi connectivity index (χ4n) is 2.04. The SMILES string of the molecule is Cc1noc(-c2ccccc2C(=O)NCCC(O)C(C)C)n1. The van der Waals surface area contributed by atoms with E-state index in [1.165, 1.54) is 0 Å². The van der Waals surface area contributed by atoms with E-state index in [4.69, 9.17) is 4.52 Å². The van der Waals surface area contributed by atoms with E-state index in [1.54, 1.807) is 25.1 Å². The summed E-state index contributed by atoms with van der Waals surface area (Å²) in [6, 6.07) is 7.08. The summed E-state index contributed by atoms with van der Waals surface area (Å²) in [7, 11) is 0. The van der Waals surface area contributed by atoms with Crippen LogP contribution in [0, 0.1) is 12.8 Å². The number of aromatic nitrogens is 2. The zero-order valence-corrected chi connectivity index (χ0v) is 13.0. The Morgan fingerprint density at radius 2 is 2.09 bits per heavy atom. The molecule has 1 aromatic carbocycles. The number of nitrogens with zero attached hydrogens (tertiary/aromatic N) is 2. The third-order valence-corrected chi connectivity index (χ3v) is 3.42. The van der Waals surface area contributed by atoms with E-state index in [2.05, 4.69) is 15.5 Å². The molecule has 0 fully saturated rings. The molecule has 22 heavy (non-hydrogen) atoms. The average Bonchev–Trinajstić information content (AvgIpc) is 2.93. The van der Waals surface area contributed by atoms with Gasteiger partial charge in [0.05, 0.1) is 17.2 Å². The average molecular weight is 303 g/mol. The van der Waals surface area contributed by atoms with Gasteiger partial charge in [-0.3, -0.25) is 4.79 Å². The molecule has 0 spiro atoms. The number of benzene rings is 1. The van der Waals surface area contributed by atoms with Crippen molar-refractivity contribution in [1.82, 2.24) is 15.5 Å². The minimum atomic E-state index is -0.422. The molecule has 2 rings (SSSR count). The lowest BCUT2D eigenvalue weighted by molar-refractivity contribution is 0.0920. The van der Waals surface area contributed by atoms with Crippen molar-refractivity contribution < 1.29 is 14.4 Å². The first-order chi connectivity index (χ1) is 10.5. The van der Waals surface area contributed by atoms with Crippen LogP contribution < -0.4 is 5.32 Å². The molecular formula is C16H21N3O3. The first kappa shape index (κ1) is 16.2. The van der Waals surface area contributed by atoms with Gasteiger partial charge in [0, 0.05) is 6.54 Å². The van der Waals surface area contributed by atoms with Crippen LogP contribution in [-0.4, -0.2) is 33.8 Å². The molecule has 1 aromatic heterocycles. The molecule has 0 radical (unpaired) electrons. The van der Waals surface area contributed by atoms with E-state index in [0.717, 1.165) is 0 Å². The summed E-state index contributed by atoms with van der Waals surface area (Å²) in [5, 5.41) is 16.3. The van der Waals surface area contributed by atoms with E-state index >= 15 is 0 Å². The van der Waals surface area contributed by atoms with E-state index in [1.807, 2.05) is 19.9 Å². The third-order valence-electron chi connectivity index (χ3n) is 3.42. The van der Waals surface area contributed by atoms with Gasteiger partial charge in [-0.1, -0.05) is 31.1 Å². The molecular weight excluding hydrogens is 282 g/mol. The predicted molar refractivity (Wildman–Crippen MR) is 82.3 cm³/mol. The Hall–Kier alpha value is -2.21. The molecule has 0 bridgehead atoms. The molecule has 2 aromatic rings. The summed E-state index contributed by atoms with van der Waals surface area (Å²) in [6.45, 7) is 6.03. The van der Waals surface area contributed by atoms with Crippen molar-refractivity contribution >= 4 is 5.91 Å². The van der Waals surface area contributed by atoms with Crippen molar-refractivity contribution in [3.8, 4) is 11.5 Å². The van der Waals surface area contributed by atoms with Gasteiger partial charge < -0.3 is 14.9 Å². The van der Waals surface area contributed by atoms with Gasteiger partial charge in [0.25, 0.3) is 11.8 Å². The van der Waals surface area contributed by atoms with Gasteiger partial charge in [0.2, 0.25) is 0 Å². The first-order valence-electron chi connectivity index (χ1n) is 7.35. The number of carbonyl (C=O) groups is 1. The zero-order valence-electron chi connectivity index (χ0n) is 13.0. The summed E-state index contributed by atoms with van der Waals surface area (Å²) in [6.07, 6.45) is 0.0970. The van der Waals surface area contributed by atoms with E-state index in [9.17, 15) is 9.90 Å². The smallest absolute Gasteiger partial charge is 0.258 e. The van der Waals surface area contributed by atoms with Gasteiger partial charge in [-0.25, -0.2) is 0 Å². The highest BCUT2D eigenvalue weighted by Crippen LogP contribution is 2.21. The van der Waals surface area contributed by atoms with Crippen molar-refractivity contribution in [2.75, 3.05) is 6.54 Å². The first-order valence-corrected chi connectivity index (χ1v) is 7.35. The number of carbonyl (C=O) groups excluding carboxylic acids is 1. The highest BCUT2D eigenvalue weighted by Gasteiger charge is 2.17. The summed E-state index contributed by atoms with van der Waals surface area (Å²) in [5.74, 6) is 0.795. The molecule has 6 nitrogen and oxygen atoms in total. The number of aryl methyl sites for hydroxylation is 1. The third kappa shape index (κ3) is 3.92. The Morgan fingerprint density at radius 3 is 2.73 bits per heavy atom.